The van der Waals surface area contributed by atoms with Crippen LogP contribution in [0.5, 0.6) is 0 Å². The monoisotopic (exact) mass is 299 g/mol. The number of oxazole rings is 1. The topological polar surface area (TPSA) is 63.3 Å². The van der Waals surface area contributed by atoms with Crippen LogP contribution in [-0.4, -0.2) is 16.1 Å². The third kappa shape index (κ3) is 2.21. The second-order valence-corrected chi connectivity index (χ2v) is 4.28. The molecule has 88 valence electrons. The van der Waals surface area contributed by atoms with Gasteiger partial charge in [0.2, 0.25) is 11.7 Å². The van der Waals surface area contributed by atoms with Crippen molar-refractivity contribution in [2.24, 2.45) is 0 Å². The molecule has 0 aliphatic carbocycles. The van der Waals surface area contributed by atoms with Crippen LogP contribution in [0.15, 0.2) is 27.1 Å². The molecule has 0 aliphatic heterocycles. The second kappa shape index (κ2) is 4.29. The number of hydrogen-bond donors (Lipinski definition) is 1. The molecule has 1 heterocycles. The average molecular weight is 300 g/mol. The molecule has 6 heteroatoms. The molecular formula is C11H7BrFNO3. The minimum atomic E-state index is -1.23. The molecule has 4 nitrogen and oxygen atoms in total. The molecule has 2 aromatic rings. The van der Waals surface area contributed by atoms with E-state index in [1.165, 1.54) is 25.1 Å². The lowest BCUT2D eigenvalue weighted by Crippen LogP contribution is -1.95. The molecule has 0 saturated carbocycles. The fourth-order valence-corrected chi connectivity index (χ4v) is 1.73. The number of carboxylic acids is 1. The summed E-state index contributed by atoms with van der Waals surface area (Å²) >= 11 is 3.20. The van der Waals surface area contributed by atoms with Crippen molar-refractivity contribution in [1.29, 1.82) is 0 Å². The second-order valence-electron chi connectivity index (χ2n) is 3.36. The Morgan fingerprint density at radius 3 is 2.82 bits per heavy atom. The Kier molecular flexibility index (Phi) is 2.97. The fraction of sp³-hybridized carbons (Fsp3) is 0.0909. The van der Waals surface area contributed by atoms with E-state index in [0.717, 1.165) is 0 Å². The molecule has 0 bridgehead atoms. The van der Waals surface area contributed by atoms with Crippen molar-refractivity contribution in [2.75, 3.05) is 0 Å². The Labute approximate surface area is 104 Å². The molecule has 17 heavy (non-hydrogen) atoms. The third-order valence-electron chi connectivity index (χ3n) is 2.15. The van der Waals surface area contributed by atoms with Gasteiger partial charge in [0.1, 0.15) is 5.82 Å². The number of carboxylic acid groups (broad SMARTS) is 1. The SMILES string of the molecule is Cc1nc(-c2cc(Br)ccc2F)oc1C(=O)O. The molecule has 0 atom stereocenters. The molecule has 0 amide bonds. The third-order valence-corrected chi connectivity index (χ3v) is 2.64. The van der Waals surface area contributed by atoms with Gasteiger partial charge in [-0.05, 0) is 25.1 Å². The summed E-state index contributed by atoms with van der Waals surface area (Å²) in [6.07, 6.45) is 0. The van der Waals surface area contributed by atoms with Crippen LogP contribution in [0.3, 0.4) is 0 Å². The van der Waals surface area contributed by atoms with E-state index in [1.54, 1.807) is 0 Å². The van der Waals surface area contributed by atoms with Crippen molar-refractivity contribution in [3.05, 3.63) is 39.9 Å². The first-order valence-electron chi connectivity index (χ1n) is 4.65. The van der Waals surface area contributed by atoms with Crippen molar-refractivity contribution in [2.45, 2.75) is 6.92 Å². The maximum atomic E-state index is 13.5. The lowest BCUT2D eigenvalue weighted by molar-refractivity contribution is 0.0662. The van der Waals surface area contributed by atoms with Gasteiger partial charge in [0.25, 0.3) is 0 Å². The highest BCUT2D eigenvalue weighted by Gasteiger charge is 2.19. The average Bonchev–Trinajstić information content (AvgIpc) is 2.64. The van der Waals surface area contributed by atoms with Gasteiger partial charge in [-0.25, -0.2) is 14.2 Å². The number of aryl methyl sites for hydroxylation is 1. The quantitative estimate of drug-likeness (QED) is 0.924. The number of benzene rings is 1. The standard InChI is InChI=1S/C11H7BrFNO3/c1-5-9(11(15)16)17-10(14-5)7-4-6(12)2-3-8(7)13/h2-4H,1H3,(H,15,16). The predicted octanol–water partition coefficient (Wildman–Crippen LogP) is 3.25. The Morgan fingerprint density at radius 2 is 2.24 bits per heavy atom. The summed E-state index contributed by atoms with van der Waals surface area (Å²) in [5.74, 6) is -2.07. The number of nitrogens with zero attached hydrogens (tertiary/aromatic N) is 1. The lowest BCUT2D eigenvalue weighted by atomic mass is 10.2. The molecule has 1 N–H and O–H groups in total. The van der Waals surface area contributed by atoms with Gasteiger partial charge in [-0.2, -0.15) is 0 Å². The largest absolute Gasteiger partial charge is 0.475 e. The van der Waals surface area contributed by atoms with Crippen LogP contribution in [0.2, 0.25) is 0 Å². The van der Waals surface area contributed by atoms with E-state index >= 15 is 0 Å². The number of aromatic nitrogens is 1. The Bertz CT molecular complexity index is 594. The van der Waals surface area contributed by atoms with E-state index in [4.69, 9.17) is 9.52 Å². The first-order valence-corrected chi connectivity index (χ1v) is 5.44. The van der Waals surface area contributed by atoms with Crippen molar-refractivity contribution < 1.29 is 18.7 Å². The molecule has 0 unspecified atom stereocenters. The summed E-state index contributed by atoms with van der Waals surface area (Å²) in [6, 6.07) is 4.26. The molecule has 0 aliphatic rings. The van der Waals surface area contributed by atoms with Crippen LogP contribution < -0.4 is 0 Å². The van der Waals surface area contributed by atoms with Gasteiger partial charge in [-0.1, -0.05) is 15.9 Å². The molecule has 0 fully saturated rings. The zero-order valence-corrected chi connectivity index (χ0v) is 10.3. The van der Waals surface area contributed by atoms with Gasteiger partial charge in [-0.15, -0.1) is 0 Å². The Morgan fingerprint density at radius 1 is 1.53 bits per heavy atom. The van der Waals surface area contributed by atoms with Crippen LogP contribution in [0.1, 0.15) is 16.2 Å². The van der Waals surface area contributed by atoms with Gasteiger partial charge < -0.3 is 9.52 Å². The van der Waals surface area contributed by atoms with Crippen molar-refractivity contribution in [3.8, 4) is 11.5 Å². The van der Waals surface area contributed by atoms with Crippen molar-refractivity contribution >= 4 is 21.9 Å². The van der Waals surface area contributed by atoms with Gasteiger partial charge in [0.15, 0.2) is 0 Å². The maximum Gasteiger partial charge on any atom is 0.373 e. The summed E-state index contributed by atoms with van der Waals surface area (Å²) in [5, 5.41) is 8.81. The summed E-state index contributed by atoms with van der Waals surface area (Å²) in [6.45, 7) is 1.49. The summed E-state index contributed by atoms with van der Waals surface area (Å²) in [5.41, 5.74) is 0.335. The normalized spacial score (nSPS) is 10.5. The summed E-state index contributed by atoms with van der Waals surface area (Å²) in [4.78, 5) is 14.7. The molecule has 0 radical (unpaired) electrons. The van der Waals surface area contributed by atoms with E-state index in [1.807, 2.05) is 0 Å². The van der Waals surface area contributed by atoms with Crippen molar-refractivity contribution in [1.82, 2.24) is 4.98 Å². The smallest absolute Gasteiger partial charge is 0.373 e. The molecule has 1 aromatic carbocycles. The molecular weight excluding hydrogens is 293 g/mol. The predicted molar refractivity (Wildman–Crippen MR) is 61.3 cm³/mol. The number of rotatable bonds is 2. The molecule has 2 rings (SSSR count). The first kappa shape index (κ1) is 11.8. The van der Waals surface area contributed by atoms with E-state index in [9.17, 15) is 9.18 Å². The van der Waals surface area contributed by atoms with Gasteiger partial charge in [-0.3, -0.25) is 0 Å². The van der Waals surface area contributed by atoms with Crippen LogP contribution in [0.4, 0.5) is 4.39 Å². The van der Waals surface area contributed by atoms with E-state index < -0.39 is 11.8 Å². The van der Waals surface area contributed by atoms with Crippen LogP contribution in [0.25, 0.3) is 11.5 Å². The minimum Gasteiger partial charge on any atom is -0.475 e. The van der Waals surface area contributed by atoms with Gasteiger partial charge in [0, 0.05) is 4.47 Å². The number of hydrogen-bond acceptors (Lipinski definition) is 3. The first-order chi connectivity index (χ1) is 7.99. The highest BCUT2D eigenvalue weighted by atomic mass is 79.9. The van der Waals surface area contributed by atoms with Crippen LogP contribution >= 0.6 is 15.9 Å². The number of aromatic carboxylic acids is 1. The van der Waals surface area contributed by atoms with Gasteiger partial charge in [0.05, 0.1) is 11.3 Å². The van der Waals surface area contributed by atoms with Crippen molar-refractivity contribution in [3.63, 3.8) is 0 Å². The highest BCUT2D eigenvalue weighted by Crippen LogP contribution is 2.27. The van der Waals surface area contributed by atoms with E-state index in [-0.39, 0.29) is 22.9 Å². The maximum absolute atomic E-state index is 13.5. The van der Waals surface area contributed by atoms with E-state index in [0.29, 0.717) is 4.47 Å². The summed E-state index contributed by atoms with van der Waals surface area (Å²) in [7, 11) is 0. The zero-order chi connectivity index (χ0) is 12.6. The van der Waals surface area contributed by atoms with E-state index in [2.05, 4.69) is 20.9 Å². The van der Waals surface area contributed by atoms with Crippen LogP contribution in [0, 0.1) is 12.7 Å². The minimum absolute atomic E-state index is 0.0429. The fourth-order valence-electron chi connectivity index (χ4n) is 1.37. The molecule has 0 spiro atoms. The molecule has 1 aromatic heterocycles. The Hall–Kier alpha value is -1.69. The Balaban J connectivity index is 2.57. The highest BCUT2D eigenvalue weighted by molar-refractivity contribution is 9.10. The van der Waals surface area contributed by atoms with Gasteiger partial charge >= 0.3 is 5.97 Å². The lowest BCUT2D eigenvalue weighted by Gasteiger charge is -1.98. The zero-order valence-electron chi connectivity index (χ0n) is 8.70. The number of halogens is 2. The number of carbonyl (C=O) groups is 1. The summed E-state index contributed by atoms with van der Waals surface area (Å²) < 4.78 is 19.2. The molecule has 0 saturated heterocycles. The van der Waals surface area contributed by atoms with Crippen LogP contribution in [-0.2, 0) is 0 Å².